The number of nitrogens with one attached hydrogen (secondary N) is 1. The molecule has 0 radical (unpaired) electrons. The van der Waals surface area contributed by atoms with Crippen molar-refractivity contribution >= 4 is 24.3 Å². The number of amides is 1. The summed E-state index contributed by atoms with van der Waals surface area (Å²) in [5.41, 5.74) is 0. The van der Waals surface area contributed by atoms with Crippen LogP contribution in [0.4, 0.5) is 0 Å². The molecule has 0 unspecified atom stereocenters. The van der Waals surface area contributed by atoms with Crippen LogP contribution in [0.15, 0.2) is 0 Å². The molecule has 1 amide bonds. The van der Waals surface area contributed by atoms with E-state index >= 15 is 0 Å². The highest BCUT2D eigenvalue weighted by atomic mass is 16.6. The van der Waals surface area contributed by atoms with Gasteiger partial charge in [0.1, 0.15) is 0 Å². The Morgan fingerprint density at radius 2 is 1.52 bits per heavy atom. The lowest BCUT2D eigenvalue weighted by Crippen LogP contribution is -2.61. The molecule has 9 heteroatoms. The van der Waals surface area contributed by atoms with Crippen molar-refractivity contribution in [2.45, 2.75) is 45.3 Å². The molecule has 0 aliphatic carbocycles. The zero-order valence-electron chi connectivity index (χ0n) is 11.9. The molecular weight excluding hydrogens is 286 g/mol. The zero-order valence-corrected chi connectivity index (χ0v) is 11.9. The van der Waals surface area contributed by atoms with Crippen LogP contribution in [0.1, 0.15) is 20.8 Å². The van der Waals surface area contributed by atoms with E-state index in [9.17, 15) is 19.2 Å². The third-order valence-corrected chi connectivity index (χ3v) is 2.58. The van der Waals surface area contributed by atoms with Gasteiger partial charge < -0.3 is 24.3 Å². The highest BCUT2D eigenvalue weighted by Gasteiger charge is 2.46. The quantitative estimate of drug-likeness (QED) is 0.386. The molecule has 1 fully saturated rings. The minimum absolute atomic E-state index is 0.124. The summed E-state index contributed by atoms with van der Waals surface area (Å²) in [5.74, 6) is -1.92. The fourth-order valence-corrected chi connectivity index (χ4v) is 1.95. The SMILES string of the molecule is CC(=O)O[C@@H]1[C@@H](OC(C)=O)[C@@H](NC=O)OC[C@H]1OC(C)=O. The number of rotatable bonds is 5. The third-order valence-electron chi connectivity index (χ3n) is 2.58. The lowest BCUT2D eigenvalue weighted by atomic mass is 10.0. The highest BCUT2D eigenvalue weighted by Crippen LogP contribution is 2.23. The average Bonchev–Trinajstić information content (AvgIpc) is 2.35. The van der Waals surface area contributed by atoms with Crippen LogP contribution in [-0.4, -0.2) is 55.5 Å². The first-order valence-electron chi connectivity index (χ1n) is 6.18. The van der Waals surface area contributed by atoms with Crippen molar-refractivity contribution in [3.63, 3.8) is 0 Å². The summed E-state index contributed by atoms with van der Waals surface area (Å²) in [6.45, 7) is 3.37. The number of hydrogen-bond donors (Lipinski definition) is 1. The second-order valence-corrected chi connectivity index (χ2v) is 4.33. The summed E-state index contributed by atoms with van der Waals surface area (Å²) < 4.78 is 20.4. The van der Waals surface area contributed by atoms with Gasteiger partial charge in [-0.1, -0.05) is 0 Å². The van der Waals surface area contributed by atoms with Gasteiger partial charge in [-0.05, 0) is 0 Å². The Morgan fingerprint density at radius 3 is 2.00 bits per heavy atom. The maximum atomic E-state index is 11.2. The number of carbonyl (C=O) groups excluding carboxylic acids is 4. The summed E-state index contributed by atoms with van der Waals surface area (Å²) in [5, 5.41) is 2.31. The molecule has 4 atom stereocenters. The van der Waals surface area contributed by atoms with Crippen LogP contribution in [0, 0.1) is 0 Å². The summed E-state index contributed by atoms with van der Waals surface area (Å²) in [6.07, 6.45) is -3.81. The van der Waals surface area contributed by atoms with Crippen molar-refractivity contribution in [1.82, 2.24) is 5.32 Å². The molecule has 0 aromatic carbocycles. The van der Waals surface area contributed by atoms with Crippen molar-refractivity contribution in [2.75, 3.05) is 6.61 Å². The fourth-order valence-electron chi connectivity index (χ4n) is 1.95. The van der Waals surface area contributed by atoms with E-state index in [1.165, 1.54) is 6.92 Å². The molecule has 118 valence electrons. The van der Waals surface area contributed by atoms with Gasteiger partial charge in [-0.2, -0.15) is 0 Å². The smallest absolute Gasteiger partial charge is 0.303 e. The van der Waals surface area contributed by atoms with Crippen LogP contribution in [0.5, 0.6) is 0 Å². The topological polar surface area (TPSA) is 117 Å². The molecule has 0 bridgehead atoms. The Bertz CT molecular complexity index is 423. The van der Waals surface area contributed by atoms with E-state index in [1.807, 2.05) is 0 Å². The van der Waals surface area contributed by atoms with Crippen molar-refractivity contribution in [3.05, 3.63) is 0 Å². The van der Waals surface area contributed by atoms with Gasteiger partial charge in [-0.15, -0.1) is 0 Å². The van der Waals surface area contributed by atoms with Gasteiger partial charge in [-0.25, -0.2) is 0 Å². The summed E-state index contributed by atoms with van der Waals surface area (Å²) in [4.78, 5) is 44.0. The minimum Gasteiger partial charge on any atom is -0.456 e. The maximum absolute atomic E-state index is 11.2. The Balaban J connectivity index is 2.99. The second kappa shape index (κ2) is 7.58. The van der Waals surface area contributed by atoms with Gasteiger partial charge in [0, 0.05) is 20.8 Å². The minimum atomic E-state index is -1.13. The van der Waals surface area contributed by atoms with Crippen molar-refractivity contribution in [1.29, 1.82) is 0 Å². The number of carbonyl (C=O) groups is 4. The van der Waals surface area contributed by atoms with E-state index in [-0.39, 0.29) is 6.61 Å². The van der Waals surface area contributed by atoms with E-state index in [4.69, 9.17) is 18.9 Å². The average molecular weight is 303 g/mol. The van der Waals surface area contributed by atoms with Gasteiger partial charge in [-0.3, -0.25) is 19.2 Å². The molecule has 1 aliphatic rings. The molecular formula is C12H17NO8. The predicted octanol–water partition coefficient (Wildman–Crippen LogP) is -1.12. The first kappa shape index (κ1) is 16.9. The van der Waals surface area contributed by atoms with E-state index in [1.54, 1.807) is 0 Å². The Kier molecular flexibility index (Phi) is 6.10. The van der Waals surface area contributed by atoms with Gasteiger partial charge in [0.25, 0.3) is 0 Å². The third kappa shape index (κ3) is 5.03. The predicted molar refractivity (Wildman–Crippen MR) is 65.6 cm³/mol. The number of esters is 3. The summed E-state index contributed by atoms with van der Waals surface area (Å²) in [7, 11) is 0. The maximum Gasteiger partial charge on any atom is 0.303 e. The van der Waals surface area contributed by atoms with Gasteiger partial charge in [0.15, 0.2) is 24.5 Å². The monoisotopic (exact) mass is 303 g/mol. The van der Waals surface area contributed by atoms with Crippen LogP contribution in [0.3, 0.4) is 0 Å². The van der Waals surface area contributed by atoms with Gasteiger partial charge >= 0.3 is 17.9 Å². The Labute approximate surface area is 120 Å². The molecule has 0 saturated carbocycles. The van der Waals surface area contributed by atoms with E-state index in [0.717, 1.165) is 13.8 Å². The van der Waals surface area contributed by atoms with Gasteiger partial charge in [0.05, 0.1) is 6.61 Å². The van der Waals surface area contributed by atoms with Crippen LogP contribution >= 0.6 is 0 Å². The molecule has 0 aromatic heterocycles. The number of ether oxygens (including phenoxy) is 4. The largest absolute Gasteiger partial charge is 0.456 e. The molecule has 0 aromatic rings. The van der Waals surface area contributed by atoms with E-state index < -0.39 is 42.4 Å². The summed E-state index contributed by atoms with van der Waals surface area (Å²) in [6, 6.07) is 0. The van der Waals surface area contributed by atoms with Crippen LogP contribution < -0.4 is 5.32 Å². The molecule has 21 heavy (non-hydrogen) atoms. The standard InChI is InChI=1S/C12H17NO8/c1-6(15)19-9-4-18-12(13-5-14)11(21-8(3)17)10(9)20-7(2)16/h5,9-12H,4H2,1-3H3,(H,13,14)/t9-,10+,11-,12+/m1/s1. The molecule has 1 saturated heterocycles. The highest BCUT2D eigenvalue weighted by molar-refractivity contribution is 5.68. The lowest BCUT2D eigenvalue weighted by Gasteiger charge is -2.40. The molecule has 9 nitrogen and oxygen atoms in total. The van der Waals surface area contributed by atoms with E-state index in [2.05, 4.69) is 5.32 Å². The van der Waals surface area contributed by atoms with Crippen molar-refractivity contribution in [3.8, 4) is 0 Å². The lowest BCUT2D eigenvalue weighted by molar-refractivity contribution is -0.229. The second-order valence-electron chi connectivity index (χ2n) is 4.33. The van der Waals surface area contributed by atoms with Gasteiger partial charge in [0.2, 0.25) is 6.41 Å². The molecule has 0 spiro atoms. The molecule has 1 heterocycles. The molecule has 1 rings (SSSR count). The Morgan fingerprint density at radius 1 is 1.00 bits per heavy atom. The van der Waals surface area contributed by atoms with Crippen molar-refractivity contribution < 1.29 is 38.1 Å². The molecule has 1 N–H and O–H groups in total. The number of hydrogen-bond acceptors (Lipinski definition) is 8. The van der Waals surface area contributed by atoms with Crippen molar-refractivity contribution in [2.24, 2.45) is 0 Å². The zero-order chi connectivity index (χ0) is 16.0. The first-order chi connectivity index (χ1) is 9.85. The first-order valence-corrected chi connectivity index (χ1v) is 6.18. The molecule has 1 aliphatic heterocycles. The van der Waals surface area contributed by atoms with Crippen LogP contribution in [-0.2, 0) is 38.1 Å². The summed E-state index contributed by atoms with van der Waals surface area (Å²) >= 11 is 0. The normalized spacial score (nSPS) is 28.1. The Hall–Kier alpha value is -2.16. The van der Waals surface area contributed by atoms with Crippen LogP contribution in [0.25, 0.3) is 0 Å². The van der Waals surface area contributed by atoms with Crippen LogP contribution in [0.2, 0.25) is 0 Å². The fraction of sp³-hybridized carbons (Fsp3) is 0.667. The van der Waals surface area contributed by atoms with E-state index in [0.29, 0.717) is 6.41 Å².